The summed E-state index contributed by atoms with van der Waals surface area (Å²) >= 11 is 0. The fourth-order valence-corrected chi connectivity index (χ4v) is 2.23. The van der Waals surface area contributed by atoms with Crippen molar-refractivity contribution in [3.8, 4) is 5.75 Å². The standard InChI is InChI=1S/C14H27N3O/c1-7-15-9-8-14(4,5)13-12(18-6)10-16-17(13)11(2)3/h10-11,15H,7-9H2,1-6H3. The quantitative estimate of drug-likeness (QED) is 0.759. The maximum Gasteiger partial charge on any atom is 0.160 e. The van der Waals surface area contributed by atoms with Crippen LogP contribution >= 0.6 is 0 Å². The van der Waals surface area contributed by atoms with E-state index in [2.05, 4.69) is 49.7 Å². The molecule has 0 unspecified atom stereocenters. The van der Waals surface area contributed by atoms with E-state index in [0.29, 0.717) is 6.04 Å². The van der Waals surface area contributed by atoms with Gasteiger partial charge in [0.05, 0.1) is 19.0 Å². The van der Waals surface area contributed by atoms with Gasteiger partial charge >= 0.3 is 0 Å². The molecule has 0 bridgehead atoms. The number of aromatic nitrogens is 2. The van der Waals surface area contributed by atoms with Crippen LogP contribution in [0.1, 0.15) is 52.8 Å². The highest BCUT2D eigenvalue weighted by atomic mass is 16.5. The average molecular weight is 253 g/mol. The molecule has 0 aliphatic heterocycles. The molecular formula is C14H27N3O. The molecule has 0 aliphatic rings. The Morgan fingerprint density at radius 3 is 2.61 bits per heavy atom. The predicted molar refractivity (Wildman–Crippen MR) is 75.4 cm³/mol. The first-order valence-corrected chi connectivity index (χ1v) is 6.76. The molecule has 1 rings (SSSR count). The van der Waals surface area contributed by atoms with E-state index in [1.165, 1.54) is 5.69 Å². The molecule has 0 amide bonds. The van der Waals surface area contributed by atoms with Crippen LogP contribution in [0, 0.1) is 0 Å². The van der Waals surface area contributed by atoms with E-state index < -0.39 is 0 Å². The maximum absolute atomic E-state index is 5.47. The highest BCUT2D eigenvalue weighted by Crippen LogP contribution is 2.35. The molecule has 18 heavy (non-hydrogen) atoms. The molecule has 0 atom stereocenters. The molecule has 1 N–H and O–H groups in total. The lowest BCUT2D eigenvalue weighted by atomic mass is 9.84. The molecule has 0 spiro atoms. The second-order valence-electron chi connectivity index (χ2n) is 5.59. The van der Waals surface area contributed by atoms with Gasteiger partial charge in [-0.3, -0.25) is 4.68 Å². The summed E-state index contributed by atoms with van der Waals surface area (Å²) in [5, 5.41) is 7.83. The number of rotatable bonds is 7. The van der Waals surface area contributed by atoms with Crippen molar-refractivity contribution in [3.05, 3.63) is 11.9 Å². The second kappa shape index (κ2) is 6.23. The first-order valence-electron chi connectivity index (χ1n) is 6.76. The molecule has 4 nitrogen and oxygen atoms in total. The van der Waals surface area contributed by atoms with Gasteiger partial charge in [-0.15, -0.1) is 0 Å². The van der Waals surface area contributed by atoms with E-state index in [1.807, 2.05) is 6.20 Å². The number of nitrogens with one attached hydrogen (secondary N) is 1. The minimum atomic E-state index is 0.0499. The van der Waals surface area contributed by atoms with Gasteiger partial charge < -0.3 is 10.1 Å². The topological polar surface area (TPSA) is 39.1 Å². The van der Waals surface area contributed by atoms with Crippen molar-refractivity contribution in [2.45, 2.75) is 52.5 Å². The van der Waals surface area contributed by atoms with Crippen molar-refractivity contribution in [2.75, 3.05) is 20.2 Å². The summed E-state index contributed by atoms with van der Waals surface area (Å²) in [5.41, 5.74) is 1.24. The van der Waals surface area contributed by atoms with E-state index >= 15 is 0 Å². The molecule has 0 saturated carbocycles. The average Bonchev–Trinajstić information content (AvgIpc) is 2.73. The van der Waals surface area contributed by atoms with E-state index in [4.69, 9.17) is 4.74 Å². The zero-order valence-corrected chi connectivity index (χ0v) is 12.6. The summed E-state index contributed by atoms with van der Waals surface area (Å²) in [5.74, 6) is 0.894. The third-order valence-corrected chi connectivity index (χ3v) is 3.29. The monoisotopic (exact) mass is 253 g/mol. The van der Waals surface area contributed by atoms with Crippen LogP contribution in [0.25, 0.3) is 0 Å². The molecule has 104 valence electrons. The first-order chi connectivity index (χ1) is 8.44. The van der Waals surface area contributed by atoms with Crippen LogP contribution in [0.5, 0.6) is 5.75 Å². The molecule has 0 saturated heterocycles. The maximum atomic E-state index is 5.47. The lowest BCUT2D eigenvalue weighted by Gasteiger charge is -2.28. The van der Waals surface area contributed by atoms with Crippen LogP contribution in [0.4, 0.5) is 0 Å². The van der Waals surface area contributed by atoms with Gasteiger partial charge in [0.15, 0.2) is 5.75 Å². The number of hydrogen-bond donors (Lipinski definition) is 1. The molecule has 0 aliphatic carbocycles. The van der Waals surface area contributed by atoms with E-state index in [9.17, 15) is 0 Å². The Hall–Kier alpha value is -1.03. The van der Waals surface area contributed by atoms with E-state index in [0.717, 1.165) is 25.3 Å². The lowest BCUT2D eigenvalue weighted by molar-refractivity contribution is 0.356. The zero-order valence-electron chi connectivity index (χ0n) is 12.6. The Balaban J connectivity index is 3.00. The molecule has 0 fully saturated rings. The van der Waals surface area contributed by atoms with Crippen LogP contribution in [-0.4, -0.2) is 30.0 Å². The van der Waals surface area contributed by atoms with Crippen LogP contribution in [0.2, 0.25) is 0 Å². The lowest BCUT2D eigenvalue weighted by Crippen LogP contribution is -2.29. The smallest absolute Gasteiger partial charge is 0.160 e. The van der Waals surface area contributed by atoms with Crippen molar-refractivity contribution < 1.29 is 4.74 Å². The van der Waals surface area contributed by atoms with Crippen LogP contribution in [0.15, 0.2) is 6.20 Å². The molecule has 1 heterocycles. The van der Waals surface area contributed by atoms with Crippen molar-refractivity contribution in [1.82, 2.24) is 15.1 Å². The van der Waals surface area contributed by atoms with E-state index in [-0.39, 0.29) is 5.41 Å². The minimum Gasteiger partial charge on any atom is -0.493 e. The summed E-state index contributed by atoms with van der Waals surface area (Å²) in [6.45, 7) is 13.0. The molecule has 1 aromatic rings. The van der Waals surface area contributed by atoms with Gasteiger partial charge in [-0.25, -0.2) is 0 Å². The number of ether oxygens (including phenoxy) is 1. The van der Waals surface area contributed by atoms with Gasteiger partial charge in [0.25, 0.3) is 0 Å². The van der Waals surface area contributed by atoms with Crippen molar-refractivity contribution in [2.24, 2.45) is 0 Å². The Morgan fingerprint density at radius 2 is 2.11 bits per heavy atom. The summed E-state index contributed by atoms with van der Waals surface area (Å²) < 4.78 is 7.54. The SMILES string of the molecule is CCNCCC(C)(C)c1c(OC)cnn1C(C)C. The Kier molecular flexibility index (Phi) is 5.20. The van der Waals surface area contributed by atoms with Gasteiger partial charge in [-0.2, -0.15) is 5.10 Å². The molecule has 1 aromatic heterocycles. The molecule has 0 aromatic carbocycles. The third kappa shape index (κ3) is 3.25. The summed E-state index contributed by atoms with van der Waals surface area (Å²) in [4.78, 5) is 0. The van der Waals surface area contributed by atoms with Crippen LogP contribution in [-0.2, 0) is 5.41 Å². The normalized spacial score (nSPS) is 12.2. The Morgan fingerprint density at radius 1 is 1.44 bits per heavy atom. The van der Waals surface area contributed by atoms with Gasteiger partial charge in [0, 0.05) is 11.5 Å². The summed E-state index contributed by atoms with van der Waals surface area (Å²) in [7, 11) is 1.71. The second-order valence-corrected chi connectivity index (χ2v) is 5.59. The highest BCUT2D eigenvalue weighted by molar-refractivity contribution is 5.32. The number of nitrogens with zero attached hydrogens (tertiary/aromatic N) is 2. The largest absolute Gasteiger partial charge is 0.493 e. The molecular weight excluding hydrogens is 226 g/mol. The Labute approximate surface area is 111 Å². The minimum absolute atomic E-state index is 0.0499. The van der Waals surface area contributed by atoms with Crippen LogP contribution < -0.4 is 10.1 Å². The fraction of sp³-hybridized carbons (Fsp3) is 0.786. The van der Waals surface area contributed by atoms with Crippen LogP contribution in [0.3, 0.4) is 0 Å². The zero-order chi connectivity index (χ0) is 13.8. The van der Waals surface area contributed by atoms with Gasteiger partial charge in [0.1, 0.15) is 0 Å². The fourth-order valence-electron chi connectivity index (χ4n) is 2.23. The summed E-state index contributed by atoms with van der Waals surface area (Å²) in [6, 6.07) is 0.349. The highest BCUT2D eigenvalue weighted by Gasteiger charge is 2.29. The van der Waals surface area contributed by atoms with Gasteiger partial charge in [-0.1, -0.05) is 20.8 Å². The predicted octanol–water partition coefficient (Wildman–Crippen LogP) is 2.75. The van der Waals surface area contributed by atoms with Gasteiger partial charge in [-0.05, 0) is 33.4 Å². The summed E-state index contributed by atoms with van der Waals surface area (Å²) in [6.07, 6.45) is 2.89. The first kappa shape index (κ1) is 15.0. The van der Waals surface area contributed by atoms with Crippen molar-refractivity contribution in [3.63, 3.8) is 0 Å². The Bertz CT molecular complexity index is 369. The van der Waals surface area contributed by atoms with E-state index in [1.54, 1.807) is 7.11 Å². The number of hydrogen-bond acceptors (Lipinski definition) is 3. The molecule has 4 heteroatoms. The van der Waals surface area contributed by atoms with Gasteiger partial charge in [0.2, 0.25) is 0 Å². The third-order valence-electron chi connectivity index (χ3n) is 3.29. The van der Waals surface area contributed by atoms with Crippen molar-refractivity contribution in [1.29, 1.82) is 0 Å². The van der Waals surface area contributed by atoms with Crippen molar-refractivity contribution >= 4 is 0 Å². The number of methoxy groups -OCH3 is 1. The molecule has 0 radical (unpaired) electrons.